The van der Waals surface area contributed by atoms with Gasteiger partial charge in [0.05, 0.1) is 11.0 Å². The fourth-order valence-corrected chi connectivity index (χ4v) is 4.36. The van der Waals surface area contributed by atoms with Crippen molar-refractivity contribution in [1.82, 2.24) is 0 Å². The van der Waals surface area contributed by atoms with E-state index >= 15 is 0 Å². The van der Waals surface area contributed by atoms with Gasteiger partial charge in [-0.1, -0.05) is 12.1 Å². The number of hydrogen-bond donors (Lipinski definition) is 0. The van der Waals surface area contributed by atoms with Crippen LogP contribution in [0.5, 0.6) is 11.5 Å². The number of Topliss-reactive ketones (excluding diaryl/α,β-unsaturated/α-hetero) is 1. The molecule has 1 aliphatic carbocycles. The van der Waals surface area contributed by atoms with Crippen molar-refractivity contribution in [3.8, 4) is 22.6 Å². The Morgan fingerprint density at radius 1 is 1.00 bits per heavy atom. The third-order valence-electron chi connectivity index (χ3n) is 6.39. The number of fused-ring (bicyclic) bond motifs is 1. The van der Waals surface area contributed by atoms with Crippen molar-refractivity contribution in [3.63, 3.8) is 0 Å². The third-order valence-corrected chi connectivity index (χ3v) is 6.39. The van der Waals surface area contributed by atoms with E-state index in [1.165, 1.54) is 18.2 Å². The van der Waals surface area contributed by atoms with Crippen LogP contribution >= 0.6 is 0 Å². The van der Waals surface area contributed by atoms with Crippen molar-refractivity contribution in [2.75, 3.05) is 6.79 Å². The zero-order chi connectivity index (χ0) is 22.5. The summed E-state index contributed by atoms with van der Waals surface area (Å²) in [5.74, 6) is 0.141. The lowest BCUT2D eigenvalue weighted by Crippen LogP contribution is -2.23. The van der Waals surface area contributed by atoms with Gasteiger partial charge in [0.25, 0.3) is 0 Å². The monoisotopic (exact) mass is 434 g/mol. The summed E-state index contributed by atoms with van der Waals surface area (Å²) in [5.41, 5.74) is 2.32. The van der Waals surface area contributed by atoms with Gasteiger partial charge in [0.15, 0.2) is 17.8 Å². The van der Waals surface area contributed by atoms with E-state index in [2.05, 4.69) is 0 Å². The molecule has 2 aliphatic rings. The van der Waals surface area contributed by atoms with Gasteiger partial charge in [0.2, 0.25) is 6.79 Å². The lowest BCUT2D eigenvalue weighted by atomic mass is 9.86. The molecular weight excluding hydrogens is 414 g/mol. The Kier molecular flexibility index (Phi) is 4.81. The smallest absolute Gasteiger partial charge is 0.231 e. The Bertz CT molecular complexity index is 1260. The standard InChI is InChI=1S/C26H20F2O4/c1-15-8-22(28)17(10-20(15)16-2-4-21(27)18(9-16)13-29)11-25(30)26(6-7-26)19-3-5-23-24(12-19)32-14-31-23/h2-5,8-10,12-13H,6-7,11,14H2,1H3. The Morgan fingerprint density at radius 2 is 1.78 bits per heavy atom. The van der Waals surface area contributed by atoms with Crippen LogP contribution in [-0.2, 0) is 16.6 Å². The normalized spacial score (nSPS) is 15.5. The van der Waals surface area contributed by atoms with Crippen LogP contribution in [0.15, 0.2) is 48.5 Å². The lowest BCUT2D eigenvalue weighted by Gasteiger charge is -2.17. The molecule has 5 rings (SSSR count). The molecule has 1 heterocycles. The fraction of sp³-hybridized carbons (Fsp3) is 0.231. The molecule has 0 unspecified atom stereocenters. The van der Waals surface area contributed by atoms with Crippen LogP contribution in [0.4, 0.5) is 8.78 Å². The maximum Gasteiger partial charge on any atom is 0.231 e. The minimum Gasteiger partial charge on any atom is -0.454 e. The van der Waals surface area contributed by atoms with Gasteiger partial charge in [0, 0.05) is 6.42 Å². The summed E-state index contributed by atoms with van der Waals surface area (Å²) < 4.78 is 39.3. The average Bonchev–Trinajstić information content (AvgIpc) is 3.47. The molecule has 4 nitrogen and oxygen atoms in total. The van der Waals surface area contributed by atoms with Crippen molar-refractivity contribution in [2.24, 2.45) is 0 Å². The highest BCUT2D eigenvalue weighted by Gasteiger charge is 2.51. The van der Waals surface area contributed by atoms with Crippen LogP contribution in [0.25, 0.3) is 11.1 Å². The number of rotatable bonds is 6. The number of hydrogen-bond acceptors (Lipinski definition) is 4. The summed E-state index contributed by atoms with van der Waals surface area (Å²) in [6, 6.07) is 12.7. The summed E-state index contributed by atoms with van der Waals surface area (Å²) in [5, 5.41) is 0. The van der Waals surface area contributed by atoms with E-state index in [0.29, 0.717) is 47.3 Å². The predicted molar refractivity (Wildman–Crippen MR) is 114 cm³/mol. The molecule has 0 amide bonds. The van der Waals surface area contributed by atoms with Crippen LogP contribution in [0.3, 0.4) is 0 Å². The second-order valence-corrected chi connectivity index (χ2v) is 8.36. The Morgan fingerprint density at radius 3 is 2.53 bits per heavy atom. The molecular formula is C26H20F2O4. The summed E-state index contributed by atoms with van der Waals surface area (Å²) in [7, 11) is 0. The molecule has 0 saturated heterocycles. The highest BCUT2D eigenvalue weighted by Crippen LogP contribution is 2.51. The summed E-state index contributed by atoms with van der Waals surface area (Å²) >= 11 is 0. The fourth-order valence-electron chi connectivity index (χ4n) is 4.36. The first-order valence-electron chi connectivity index (χ1n) is 10.4. The van der Waals surface area contributed by atoms with Gasteiger partial charge in [-0.15, -0.1) is 0 Å². The average molecular weight is 434 g/mol. The van der Waals surface area contributed by atoms with E-state index in [-0.39, 0.29) is 30.1 Å². The van der Waals surface area contributed by atoms with E-state index in [1.54, 1.807) is 25.1 Å². The number of ketones is 1. The largest absolute Gasteiger partial charge is 0.454 e. The van der Waals surface area contributed by atoms with Gasteiger partial charge in [-0.2, -0.15) is 0 Å². The first kappa shape index (κ1) is 20.4. The Hall–Kier alpha value is -3.54. The Labute approximate surface area is 183 Å². The van der Waals surface area contributed by atoms with E-state index < -0.39 is 17.0 Å². The zero-order valence-corrected chi connectivity index (χ0v) is 17.4. The van der Waals surface area contributed by atoms with E-state index in [1.807, 2.05) is 12.1 Å². The first-order chi connectivity index (χ1) is 15.4. The second kappa shape index (κ2) is 7.55. The van der Waals surface area contributed by atoms with Crippen molar-refractivity contribution >= 4 is 12.1 Å². The van der Waals surface area contributed by atoms with Crippen molar-refractivity contribution < 1.29 is 27.8 Å². The number of ether oxygens (including phenoxy) is 2. The maximum atomic E-state index is 14.8. The van der Waals surface area contributed by atoms with E-state index in [9.17, 15) is 18.4 Å². The highest BCUT2D eigenvalue weighted by molar-refractivity contribution is 5.95. The maximum absolute atomic E-state index is 14.8. The van der Waals surface area contributed by atoms with E-state index in [0.717, 1.165) is 5.56 Å². The molecule has 0 aromatic heterocycles. The molecule has 1 fully saturated rings. The minimum atomic E-state index is -0.640. The predicted octanol–water partition coefficient (Wildman–Crippen LogP) is 5.32. The minimum absolute atomic E-state index is 0.0576. The molecule has 3 aromatic carbocycles. The number of carbonyl (C=O) groups is 2. The molecule has 0 spiro atoms. The number of halogens is 2. The van der Waals surface area contributed by atoms with Gasteiger partial charge in [0.1, 0.15) is 17.4 Å². The molecule has 0 N–H and O–H groups in total. The van der Waals surface area contributed by atoms with Gasteiger partial charge in [-0.05, 0) is 84.0 Å². The summed E-state index contributed by atoms with van der Waals surface area (Å²) in [4.78, 5) is 24.4. The van der Waals surface area contributed by atoms with Crippen LogP contribution in [0.2, 0.25) is 0 Å². The Balaban J connectivity index is 1.46. The van der Waals surface area contributed by atoms with Crippen molar-refractivity contribution in [2.45, 2.75) is 31.6 Å². The van der Waals surface area contributed by atoms with Crippen molar-refractivity contribution in [3.05, 3.63) is 82.4 Å². The molecule has 32 heavy (non-hydrogen) atoms. The van der Waals surface area contributed by atoms with Gasteiger partial charge in [-0.3, -0.25) is 9.59 Å². The summed E-state index contributed by atoms with van der Waals surface area (Å²) in [6.07, 6.45) is 1.79. The molecule has 3 aromatic rings. The van der Waals surface area contributed by atoms with Gasteiger partial charge >= 0.3 is 0 Å². The first-order valence-corrected chi connectivity index (χ1v) is 10.4. The molecule has 1 aliphatic heterocycles. The number of aldehydes is 1. The molecule has 0 atom stereocenters. The van der Waals surface area contributed by atoms with E-state index in [4.69, 9.17) is 9.47 Å². The zero-order valence-electron chi connectivity index (χ0n) is 17.4. The quantitative estimate of drug-likeness (QED) is 0.493. The molecule has 6 heteroatoms. The van der Waals surface area contributed by atoms with Crippen LogP contribution in [0.1, 0.15) is 39.9 Å². The SMILES string of the molecule is Cc1cc(F)c(CC(=O)C2(c3ccc4c(c3)OCO4)CC2)cc1-c1ccc(F)c(C=O)c1. The van der Waals surface area contributed by atoms with Crippen LogP contribution < -0.4 is 9.47 Å². The number of carbonyl (C=O) groups excluding carboxylic acids is 2. The summed E-state index contributed by atoms with van der Waals surface area (Å²) in [6.45, 7) is 1.90. The van der Waals surface area contributed by atoms with Crippen LogP contribution in [-0.4, -0.2) is 18.9 Å². The molecule has 162 valence electrons. The van der Waals surface area contributed by atoms with Gasteiger partial charge in [-0.25, -0.2) is 8.78 Å². The second-order valence-electron chi connectivity index (χ2n) is 8.36. The van der Waals surface area contributed by atoms with Crippen molar-refractivity contribution in [1.29, 1.82) is 0 Å². The van der Waals surface area contributed by atoms with Crippen LogP contribution in [0, 0.1) is 18.6 Å². The third kappa shape index (κ3) is 3.36. The van der Waals surface area contributed by atoms with Gasteiger partial charge < -0.3 is 9.47 Å². The number of aryl methyl sites for hydroxylation is 1. The number of benzene rings is 3. The molecule has 1 saturated carbocycles. The molecule has 0 radical (unpaired) electrons. The topological polar surface area (TPSA) is 52.6 Å². The molecule has 0 bridgehead atoms. The highest BCUT2D eigenvalue weighted by atomic mass is 19.1. The lowest BCUT2D eigenvalue weighted by molar-refractivity contribution is -0.120.